The highest BCUT2D eigenvalue weighted by molar-refractivity contribution is 7.85. The van der Waals surface area contributed by atoms with E-state index in [9.17, 15) is 66.0 Å². The third-order valence-electron chi connectivity index (χ3n) is 16.0. The number of allylic oxidation sites excluding steroid dienone is 2. The maximum absolute atomic E-state index is 15.4. The first kappa shape index (κ1) is 75.1. The van der Waals surface area contributed by atoms with E-state index in [0.29, 0.717) is 39.0 Å². The number of hydrogen-bond donors (Lipinski definition) is 14. The number of rotatable bonds is 20. The van der Waals surface area contributed by atoms with Crippen molar-refractivity contribution in [3.63, 3.8) is 0 Å². The van der Waals surface area contributed by atoms with Crippen LogP contribution in [0.3, 0.4) is 0 Å². The van der Waals surface area contributed by atoms with Gasteiger partial charge in [-0.1, -0.05) is 89.1 Å². The van der Waals surface area contributed by atoms with E-state index in [4.69, 9.17) is 21.4 Å². The molecule has 0 unspecified atom stereocenters. The van der Waals surface area contributed by atoms with Gasteiger partial charge in [0, 0.05) is 48.1 Å². The Bertz CT molecular complexity index is 3700. The van der Waals surface area contributed by atoms with E-state index in [1.54, 1.807) is 58.3 Å². The fourth-order valence-electron chi connectivity index (χ4n) is 11.1. The number of aliphatic carboxylic acids is 1. The van der Waals surface area contributed by atoms with Crippen molar-refractivity contribution in [1.29, 1.82) is 0 Å². The highest BCUT2D eigenvalue weighted by atomic mass is 35.5. The predicted octanol–water partition coefficient (Wildman–Crippen LogP) is 0.240. The number of benzene rings is 2. The van der Waals surface area contributed by atoms with Crippen molar-refractivity contribution in [3.8, 4) is 0 Å². The van der Waals surface area contributed by atoms with Crippen LogP contribution in [0.4, 0.5) is 0 Å². The van der Waals surface area contributed by atoms with Gasteiger partial charge in [-0.2, -0.15) is 8.42 Å². The van der Waals surface area contributed by atoms with Crippen LogP contribution in [0.25, 0.3) is 21.8 Å². The number of amides is 10. The minimum absolute atomic E-state index is 0.0842. The highest BCUT2D eigenvalue weighted by Gasteiger charge is 2.43. The molecule has 0 spiro atoms. The van der Waals surface area contributed by atoms with Crippen LogP contribution in [-0.4, -0.2) is 195 Å². The van der Waals surface area contributed by atoms with E-state index < -0.39 is 179 Å². The Hall–Kier alpha value is -8.94. The fourth-order valence-corrected chi connectivity index (χ4v) is 12.0. The molecule has 95 heavy (non-hydrogen) atoms. The summed E-state index contributed by atoms with van der Waals surface area (Å²) >= 11 is 6.57. The Morgan fingerprint density at radius 2 is 1.34 bits per heavy atom. The van der Waals surface area contributed by atoms with Crippen LogP contribution in [0.15, 0.2) is 60.4 Å². The number of aromatic nitrogens is 2. The van der Waals surface area contributed by atoms with E-state index in [0.717, 1.165) is 21.4 Å². The average Bonchev–Trinajstić information content (AvgIpc) is 1.70. The van der Waals surface area contributed by atoms with Crippen LogP contribution in [0.1, 0.15) is 105 Å². The number of nitrogens with zero attached hydrogens (tertiary/aromatic N) is 1. The summed E-state index contributed by atoms with van der Waals surface area (Å²) in [6, 6.07) is -6.40. The minimum atomic E-state index is -5.25. The molecule has 32 heteroatoms. The second kappa shape index (κ2) is 33.4. The lowest BCUT2D eigenvalue weighted by Gasteiger charge is -2.31. The summed E-state index contributed by atoms with van der Waals surface area (Å²) in [5, 5.41) is 43.5. The van der Waals surface area contributed by atoms with E-state index >= 15 is 9.59 Å². The standard InChI is InChI=1S/C63H85ClN12O18S/c1-30(2)18-19-35-13-10-16-40-50(35)37(26-65-40)23-43-57(84)75-52(33(7)8)60(87)70-41(21-31(3)4)55(82)71-44(27-77)63(90)94-28-45(72-61(88)51(32(5)6)74-54(81)34(9)67-48(78)24-49(79)80)58(85)73-46(29-95(91,92)93)62(89)76-20-12-17-47(76)59(86)69-42(56(83)68-43)22-36-25-66-53-38(36)14-11-15-39(53)64/h10-11,13-16,18,25-26,31-34,41-47,51-52,65-66,77H,12,17,19-24,27-29H2,1-9H3,(H,67,78)(H,68,83)(H,69,86)(H,70,87)(H,71,82)(H,72,88)(H,73,85)(H,74,81)(H,75,84)(H,79,80)(H,91,92,93)/t34-,41+,42-,43-,44-,45-,46+,47-,51-,52+/m0/s1. The number of carbonyl (C=O) groups excluding carboxylic acids is 11. The van der Waals surface area contributed by atoms with Crippen molar-refractivity contribution >= 4 is 115 Å². The normalized spacial score (nSPS) is 22.4. The van der Waals surface area contributed by atoms with E-state index in [1.165, 1.54) is 20.8 Å². The molecule has 2 fully saturated rings. The molecular formula is C63H85ClN12O18S. The Morgan fingerprint density at radius 1 is 0.726 bits per heavy atom. The Labute approximate surface area is 553 Å². The first-order valence-corrected chi connectivity index (χ1v) is 33.1. The third-order valence-corrected chi connectivity index (χ3v) is 17.1. The number of aromatic amines is 2. The topological polar surface area (TPSA) is 452 Å². The van der Waals surface area contributed by atoms with Crippen molar-refractivity contribution in [1.82, 2.24) is 62.7 Å². The zero-order valence-corrected chi connectivity index (χ0v) is 55.8. The molecule has 0 aliphatic carbocycles. The number of H-pyrrole nitrogens is 2. The lowest BCUT2D eigenvalue weighted by Crippen LogP contribution is -2.62. The summed E-state index contributed by atoms with van der Waals surface area (Å²) < 4.78 is 41.3. The van der Waals surface area contributed by atoms with Gasteiger partial charge in [0.15, 0.2) is 6.04 Å². The Balaban J connectivity index is 1.47. The molecule has 0 saturated carbocycles. The molecule has 14 N–H and O–H groups in total. The number of para-hydroxylation sites is 1. The molecule has 10 amide bonds. The molecule has 30 nitrogen and oxygen atoms in total. The van der Waals surface area contributed by atoms with Crippen molar-refractivity contribution in [2.45, 2.75) is 168 Å². The van der Waals surface area contributed by atoms with E-state index in [1.807, 2.05) is 38.1 Å². The van der Waals surface area contributed by atoms with Crippen LogP contribution in [0.2, 0.25) is 5.02 Å². The summed E-state index contributed by atoms with van der Waals surface area (Å²) in [7, 11) is -5.25. The molecule has 10 atom stereocenters. The second-order valence-electron chi connectivity index (χ2n) is 25.1. The first-order valence-electron chi connectivity index (χ1n) is 31.1. The summed E-state index contributed by atoms with van der Waals surface area (Å²) in [5.41, 5.74) is 4.12. The zero-order chi connectivity index (χ0) is 70.3. The summed E-state index contributed by atoms with van der Waals surface area (Å²) in [5.74, 6) is -17.1. The monoisotopic (exact) mass is 1360 g/mol. The van der Waals surface area contributed by atoms with Crippen LogP contribution in [0, 0.1) is 17.8 Å². The number of hydrogen-bond acceptors (Lipinski definition) is 16. The van der Waals surface area contributed by atoms with Crippen LogP contribution >= 0.6 is 11.6 Å². The molecule has 4 heterocycles. The molecule has 2 aliphatic rings. The van der Waals surface area contributed by atoms with Gasteiger partial charge in [-0.05, 0) is 93.0 Å². The molecular weight excluding hydrogens is 1280 g/mol. The van der Waals surface area contributed by atoms with Gasteiger partial charge in [0.1, 0.15) is 73.2 Å². The smallest absolute Gasteiger partial charge is 0.331 e. The maximum atomic E-state index is 15.4. The second-order valence-corrected chi connectivity index (χ2v) is 27.0. The molecule has 4 aromatic rings. The van der Waals surface area contributed by atoms with Crippen molar-refractivity contribution in [2.75, 3.05) is 25.5 Å². The van der Waals surface area contributed by atoms with Gasteiger partial charge in [-0.25, -0.2) is 4.79 Å². The van der Waals surface area contributed by atoms with Crippen molar-refractivity contribution in [3.05, 3.63) is 82.2 Å². The Kier molecular flexibility index (Phi) is 26.4. The number of carboxylic acids is 1. The van der Waals surface area contributed by atoms with E-state index in [2.05, 4.69) is 57.8 Å². The number of ether oxygens (including phenoxy) is 1. The fraction of sp³-hybridized carbons (Fsp3) is 0.524. The van der Waals surface area contributed by atoms with Gasteiger partial charge in [0.05, 0.1) is 17.1 Å². The number of carboxylic acid groups (broad SMARTS) is 1. The van der Waals surface area contributed by atoms with Gasteiger partial charge in [-0.3, -0.25) is 57.3 Å². The maximum Gasteiger partial charge on any atom is 0.331 e. The van der Waals surface area contributed by atoms with Crippen LogP contribution < -0.4 is 47.9 Å². The van der Waals surface area contributed by atoms with Crippen LogP contribution in [0.5, 0.6) is 0 Å². The molecule has 2 aliphatic heterocycles. The minimum Gasteiger partial charge on any atom is -0.481 e. The molecule has 518 valence electrons. The number of cyclic esters (lactones) is 1. The van der Waals surface area contributed by atoms with Gasteiger partial charge in [0.25, 0.3) is 10.1 Å². The molecule has 2 aromatic heterocycles. The van der Waals surface area contributed by atoms with Crippen molar-refractivity contribution in [2.24, 2.45) is 17.8 Å². The number of aliphatic hydroxyl groups is 1. The van der Waals surface area contributed by atoms with E-state index in [-0.39, 0.29) is 44.6 Å². The zero-order valence-electron chi connectivity index (χ0n) is 54.2. The molecule has 6 rings (SSSR count). The van der Waals surface area contributed by atoms with Gasteiger partial charge >= 0.3 is 11.9 Å². The summed E-state index contributed by atoms with van der Waals surface area (Å²) in [6.07, 6.45) is 4.14. The number of nitrogens with one attached hydrogen (secondary N) is 11. The molecule has 2 aromatic carbocycles. The average molecular weight is 1370 g/mol. The molecule has 0 radical (unpaired) electrons. The number of fused-ring (bicyclic) bond motifs is 3. The molecule has 2 saturated heterocycles. The number of esters is 1. The van der Waals surface area contributed by atoms with Gasteiger partial charge < -0.3 is 77.7 Å². The number of carbonyl (C=O) groups is 12. The summed E-state index contributed by atoms with van der Waals surface area (Å²) in [6.45, 7) is 12.0. The van der Waals surface area contributed by atoms with Crippen LogP contribution in [-0.2, 0) is 91.7 Å². The number of halogens is 1. The Morgan fingerprint density at radius 3 is 1.97 bits per heavy atom. The van der Waals surface area contributed by atoms with Gasteiger partial charge in [0.2, 0.25) is 59.1 Å². The lowest BCUT2D eigenvalue weighted by atomic mass is 9.96. The first-order chi connectivity index (χ1) is 44.7. The number of aliphatic hydroxyl groups excluding tert-OH is 1. The van der Waals surface area contributed by atoms with Crippen molar-refractivity contribution < 1.29 is 85.5 Å². The predicted molar refractivity (Wildman–Crippen MR) is 346 cm³/mol. The quantitative estimate of drug-likeness (QED) is 0.0244. The SMILES string of the molecule is CC(C)=CCc1cccc2[nH]cc(C[C@@H]3NC(=O)[C@H](Cc4c[nH]c5c(Cl)cccc45)NC(=O)[C@@H]4CCCN4C(=O)[C@@H](CS(=O)(=O)O)NC(=O)[C@@H](NC(=O)[C@@H](NC(=O)[C@H](C)NC(=O)CC(=O)O)C(C)C)COC(=O)[C@H](CO)NC(=O)[C@@H](CC(C)C)NC(=O)[C@@H](C(C)C)NC3=O)c12. The summed E-state index contributed by atoms with van der Waals surface area (Å²) in [4.78, 5) is 176. The molecule has 0 bridgehead atoms. The lowest BCUT2D eigenvalue weighted by molar-refractivity contribution is -0.152. The highest BCUT2D eigenvalue weighted by Crippen LogP contribution is 2.28. The van der Waals surface area contributed by atoms with Gasteiger partial charge in [-0.15, -0.1) is 0 Å². The largest absolute Gasteiger partial charge is 0.481 e. The third kappa shape index (κ3) is 20.8.